The van der Waals surface area contributed by atoms with Crippen LogP contribution in [0.5, 0.6) is 0 Å². The van der Waals surface area contributed by atoms with Gasteiger partial charge in [-0.2, -0.15) is 5.10 Å². The summed E-state index contributed by atoms with van der Waals surface area (Å²) >= 11 is 0. The number of aliphatic hydroxyl groups excluding tert-OH is 1. The molecule has 5 nitrogen and oxygen atoms in total. The van der Waals surface area contributed by atoms with Crippen LogP contribution >= 0.6 is 0 Å². The van der Waals surface area contributed by atoms with Crippen LogP contribution in [-0.4, -0.2) is 20.8 Å². The molecule has 1 aromatic carbocycles. The van der Waals surface area contributed by atoms with Crippen molar-refractivity contribution in [1.82, 2.24) is 15.1 Å². The molecule has 2 rings (SSSR count). The Morgan fingerprint density at radius 2 is 2.00 bits per heavy atom. The number of nitrogens with zero attached hydrogens (tertiary/aromatic N) is 2. The van der Waals surface area contributed by atoms with Crippen LogP contribution in [0.1, 0.15) is 22.5 Å². The van der Waals surface area contributed by atoms with Crippen molar-refractivity contribution in [2.24, 2.45) is 0 Å². The van der Waals surface area contributed by atoms with Gasteiger partial charge in [-0.3, -0.25) is 9.48 Å². The Bertz CT molecular complexity index is 591. The zero-order valence-corrected chi connectivity index (χ0v) is 11.8. The van der Waals surface area contributed by atoms with Crippen molar-refractivity contribution in [2.75, 3.05) is 0 Å². The third-order valence-electron chi connectivity index (χ3n) is 3.32. The number of hydrogen-bond acceptors (Lipinski definition) is 3. The van der Waals surface area contributed by atoms with Gasteiger partial charge in [0, 0.05) is 17.8 Å². The van der Waals surface area contributed by atoms with E-state index in [1.165, 1.54) is 0 Å². The molecule has 0 saturated heterocycles. The zero-order valence-electron chi connectivity index (χ0n) is 11.8. The first-order valence-corrected chi connectivity index (χ1v) is 6.56. The molecule has 0 spiro atoms. The van der Waals surface area contributed by atoms with E-state index in [1.54, 1.807) is 4.68 Å². The van der Waals surface area contributed by atoms with Crippen LogP contribution in [0.3, 0.4) is 0 Å². The fourth-order valence-electron chi connectivity index (χ4n) is 2.11. The maximum atomic E-state index is 11.9. The van der Waals surface area contributed by atoms with Gasteiger partial charge in [0.25, 0.3) is 0 Å². The number of rotatable bonds is 5. The number of aromatic nitrogens is 2. The van der Waals surface area contributed by atoms with Crippen molar-refractivity contribution in [3.05, 3.63) is 52.8 Å². The SMILES string of the molecule is Cc1nn(CC(=O)NCc2ccccc2)c(C)c1CO. The summed E-state index contributed by atoms with van der Waals surface area (Å²) in [5.74, 6) is -0.0936. The minimum absolute atomic E-state index is 0.0523. The summed E-state index contributed by atoms with van der Waals surface area (Å²) in [6, 6.07) is 9.75. The van der Waals surface area contributed by atoms with Gasteiger partial charge in [0.2, 0.25) is 5.91 Å². The van der Waals surface area contributed by atoms with Crippen molar-refractivity contribution in [2.45, 2.75) is 33.5 Å². The first-order chi connectivity index (χ1) is 9.61. The van der Waals surface area contributed by atoms with E-state index in [0.717, 1.165) is 22.5 Å². The molecule has 106 valence electrons. The topological polar surface area (TPSA) is 67.2 Å². The maximum Gasteiger partial charge on any atom is 0.242 e. The number of carbonyl (C=O) groups excluding carboxylic acids is 1. The largest absolute Gasteiger partial charge is 0.392 e. The number of nitrogens with one attached hydrogen (secondary N) is 1. The van der Waals surface area contributed by atoms with Gasteiger partial charge in [-0.15, -0.1) is 0 Å². The maximum absolute atomic E-state index is 11.9. The zero-order chi connectivity index (χ0) is 14.5. The van der Waals surface area contributed by atoms with Gasteiger partial charge in [-0.05, 0) is 19.4 Å². The lowest BCUT2D eigenvalue weighted by molar-refractivity contribution is -0.122. The van der Waals surface area contributed by atoms with Gasteiger partial charge in [0.05, 0.1) is 12.3 Å². The molecule has 0 unspecified atom stereocenters. The van der Waals surface area contributed by atoms with Gasteiger partial charge < -0.3 is 10.4 Å². The standard InChI is InChI=1S/C15H19N3O2/c1-11-14(10-19)12(2)18(17-11)9-15(20)16-8-13-6-4-3-5-7-13/h3-7,19H,8-10H2,1-2H3,(H,16,20). The Morgan fingerprint density at radius 1 is 1.30 bits per heavy atom. The second kappa shape index (κ2) is 6.34. The van der Waals surface area contributed by atoms with Gasteiger partial charge in [-0.25, -0.2) is 0 Å². The fourth-order valence-corrected chi connectivity index (χ4v) is 2.11. The molecule has 1 aromatic heterocycles. The smallest absolute Gasteiger partial charge is 0.242 e. The molecule has 1 heterocycles. The summed E-state index contributed by atoms with van der Waals surface area (Å²) in [5.41, 5.74) is 3.45. The molecule has 1 amide bonds. The third-order valence-corrected chi connectivity index (χ3v) is 3.32. The minimum Gasteiger partial charge on any atom is -0.392 e. The molecule has 20 heavy (non-hydrogen) atoms. The minimum atomic E-state index is -0.0936. The number of aliphatic hydroxyl groups is 1. The lowest BCUT2D eigenvalue weighted by Crippen LogP contribution is -2.28. The lowest BCUT2D eigenvalue weighted by Gasteiger charge is -2.07. The van der Waals surface area contributed by atoms with Gasteiger partial charge in [0.1, 0.15) is 6.54 Å². The summed E-state index contributed by atoms with van der Waals surface area (Å²) in [4.78, 5) is 11.9. The van der Waals surface area contributed by atoms with Crippen molar-refractivity contribution >= 4 is 5.91 Å². The average molecular weight is 273 g/mol. The van der Waals surface area contributed by atoms with Crippen molar-refractivity contribution < 1.29 is 9.90 Å². The molecule has 2 aromatic rings. The summed E-state index contributed by atoms with van der Waals surface area (Å²) < 4.78 is 1.63. The average Bonchev–Trinajstić information content (AvgIpc) is 2.72. The molecule has 5 heteroatoms. The van der Waals surface area contributed by atoms with E-state index in [2.05, 4.69) is 10.4 Å². The van der Waals surface area contributed by atoms with E-state index in [-0.39, 0.29) is 19.1 Å². The second-order valence-electron chi connectivity index (χ2n) is 4.73. The predicted octanol–water partition coefficient (Wildman–Crippen LogP) is 1.31. The number of hydrogen-bond donors (Lipinski definition) is 2. The molecular formula is C15H19N3O2. The first-order valence-electron chi connectivity index (χ1n) is 6.56. The summed E-state index contributed by atoms with van der Waals surface area (Å²) in [6.45, 7) is 4.31. The molecular weight excluding hydrogens is 254 g/mol. The highest BCUT2D eigenvalue weighted by Crippen LogP contribution is 2.12. The molecule has 0 radical (unpaired) electrons. The van der Waals surface area contributed by atoms with Crippen LogP contribution in [-0.2, 0) is 24.5 Å². The Labute approximate surface area is 118 Å². The van der Waals surface area contributed by atoms with Crippen molar-refractivity contribution in [1.29, 1.82) is 0 Å². The van der Waals surface area contributed by atoms with Crippen LogP contribution in [0.2, 0.25) is 0 Å². The second-order valence-corrected chi connectivity index (χ2v) is 4.73. The fraction of sp³-hybridized carbons (Fsp3) is 0.333. The molecule has 0 saturated carbocycles. The van der Waals surface area contributed by atoms with E-state index >= 15 is 0 Å². The van der Waals surface area contributed by atoms with Crippen LogP contribution in [0, 0.1) is 13.8 Å². The van der Waals surface area contributed by atoms with Crippen LogP contribution in [0.15, 0.2) is 30.3 Å². The van der Waals surface area contributed by atoms with Gasteiger partial charge in [0.15, 0.2) is 0 Å². The van der Waals surface area contributed by atoms with E-state index in [1.807, 2.05) is 44.2 Å². The molecule has 2 N–H and O–H groups in total. The van der Waals surface area contributed by atoms with Crippen LogP contribution in [0.4, 0.5) is 0 Å². The van der Waals surface area contributed by atoms with Crippen LogP contribution in [0.25, 0.3) is 0 Å². The number of benzene rings is 1. The monoisotopic (exact) mass is 273 g/mol. The highest BCUT2D eigenvalue weighted by atomic mass is 16.3. The van der Waals surface area contributed by atoms with Gasteiger partial charge >= 0.3 is 0 Å². The Hall–Kier alpha value is -2.14. The Morgan fingerprint density at radius 3 is 2.60 bits per heavy atom. The Kier molecular flexibility index (Phi) is 4.53. The number of amides is 1. The van der Waals surface area contributed by atoms with Gasteiger partial charge in [-0.1, -0.05) is 30.3 Å². The number of aryl methyl sites for hydroxylation is 1. The van der Waals surface area contributed by atoms with Crippen molar-refractivity contribution in [3.63, 3.8) is 0 Å². The van der Waals surface area contributed by atoms with Crippen molar-refractivity contribution in [3.8, 4) is 0 Å². The van der Waals surface area contributed by atoms with E-state index in [4.69, 9.17) is 0 Å². The van der Waals surface area contributed by atoms with E-state index in [9.17, 15) is 9.90 Å². The molecule has 0 aliphatic carbocycles. The molecule has 0 fully saturated rings. The highest BCUT2D eigenvalue weighted by molar-refractivity contribution is 5.75. The summed E-state index contributed by atoms with van der Waals surface area (Å²) in [6.07, 6.45) is 0. The Balaban J connectivity index is 1.95. The predicted molar refractivity (Wildman–Crippen MR) is 75.9 cm³/mol. The highest BCUT2D eigenvalue weighted by Gasteiger charge is 2.12. The van der Waals surface area contributed by atoms with E-state index < -0.39 is 0 Å². The quantitative estimate of drug-likeness (QED) is 0.863. The molecule has 0 bridgehead atoms. The first kappa shape index (κ1) is 14.3. The third kappa shape index (κ3) is 3.24. The summed E-state index contributed by atoms with van der Waals surface area (Å²) in [5, 5.41) is 16.4. The molecule has 0 atom stereocenters. The van der Waals surface area contributed by atoms with E-state index in [0.29, 0.717) is 6.54 Å². The normalized spacial score (nSPS) is 10.6. The lowest BCUT2D eigenvalue weighted by atomic mass is 10.2. The molecule has 0 aliphatic heterocycles. The van der Waals surface area contributed by atoms with Crippen LogP contribution < -0.4 is 5.32 Å². The summed E-state index contributed by atoms with van der Waals surface area (Å²) in [7, 11) is 0. The number of carbonyl (C=O) groups is 1. The molecule has 0 aliphatic rings.